The number of hydrogen-bond acceptors (Lipinski definition) is 5. The Morgan fingerprint density at radius 2 is 1.52 bits per heavy atom. The van der Waals surface area contributed by atoms with Gasteiger partial charge in [0.2, 0.25) is 0 Å². The van der Waals surface area contributed by atoms with Crippen LogP contribution in [0.2, 0.25) is 0 Å². The number of aromatic nitrogens is 3. The molecule has 5 nitrogen and oxygen atoms in total. The molecule has 2 aromatic heterocycles. The molecule has 1 aliphatic heterocycles. The number of pyridine rings is 1. The van der Waals surface area contributed by atoms with Gasteiger partial charge in [-0.3, -0.25) is 0 Å². The third-order valence-electron chi connectivity index (χ3n) is 5.28. The van der Waals surface area contributed by atoms with Crippen molar-refractivity contribution in [3.8, 4) is 0 Å². The van der Waals surface area contributed by atoms with Gasteiger partial charge in [-0.05, 0) is 43.5 Å². The summed E-state index contributed by atoms with van der Waals surface area (Å²) in [7, 11) is 4.13. The van der Waals surface area contributed by atoms with Crippen LogP contribution in [0, 0.1) is 0 Å². The Bertz CT molecular complexity index is 1050. The summed E-state index contributed by atoms with van der Waals surface area (Å²) in [6, 6.07) is 8.53. The molecule has 5 rings (SSSR count). The molecule has 3 heterocycles. The minimum absolute atomic E-state index is 1.00. The van der Waals surface area contributed by atoms with Crippen molar-refractivity contribution in [1.82, 2.24) is 15.0 Å². The second-order valence-electron chi connectivity index (χ2n) is 7.09. The third kappa shape index (κ3) is 2.11. The molecule has 0 saturated carbocycles. The number of rotatable bonds is 2. The van der Waals surface area contributed by atoms with E-state index in [9.17, 15) is 0 Å². The lowest BCUT2D eigenvalue weighted by Gasteiger charge is -2.30. The van der Waals surface area contributed by atoms with E-state index in [1.54, 1.807) is 6.33 Å². The van der Waals surface area contributed by atoms with Gasteiger partial charge < -0.3 is 9.80 Å². The Labute approximate surface area is 146 Å². The van der Waals surface area contributed by atoms with Crippen LogP contribution in [0.3, 0.4) is 0 Å². The second-order valence-corrected chi connectivity index (χ2v) is 7.09. The summed E-state index contributed by atoms with van der Waals surface area (Å²) in [5.41, 5.74) is 2.01. The smallest absolute Gasteiger partial charge is 0.138 e. The first-order valence-corrected chi connectivity index (χ1v) is 8.96. The molecule has 1 fully saturated rings. The van der Waals surface area contributed by atoms with Crippen LogP contribution in [0.4, 0.5) is 11.6 Å². The molecule has 0 radical (unpaired) electrons. The van der Waals surface area contributed by atoms with Crippen LogP contribution in [0.5, 0.6) is 0 Å². The summed E-state index contributed by atoms with van der Waals surface area (Å²) in [6.45, 7) is 2.17. The van der Waals surface area contributed by atoms with E-state index in [1.165, 1.54) is 35.4 Å². The molecule has 1 saturated heterocycles. The molecule has 0 aliphatic carbocycles. The standard InChI is InChI=1S/C20H21N5/c1-24(2)19-13-6-8-15-18-16(22-12-21-15)9-7-14(17(13)18)20(23-19)25-10-4-3-5-11-25/h6-9,12H,3-5,10-11H2,1-2H3. The number of anilines is 2. The highest BCUT2D eigenvalue weighted by Crippen LogP contribution is 2.40. The molecular formula is C20H21N5. The molecule has 2 aromatic carbocycles. The molecule has 25 heavy (non-hydrogen) atoms. The molecule has 0 amide bonds. The molecule has 5 heteroatoms. The van der Waals surface area contributed by atoms with Crippen LogP contribution in [0.25, 0.3) is 32.6 Å². The first-order valence-electron chi connectivity index (χ1n) is 8.96. The molecule has 1 aliphatic rings. The number of nitrogens with zero attached hydrogens (tertiary/aromatic N) is 5. The van der Waals surface area contributed by atoms with Gasteiger partial charge in [-0.25, -0.2) is 15.0 Å². The predicted octanol–water partition coefficient (Wildman–Crippen LogP) is 3.83. The van der Waals surface area contributed by atoms with Crippen molar-refractivity contribution in [3.05, 3.63) is 30.6 Å². The SMILES string of the molecule is CN(C)c1nc(N2CCCCC2)c2ccc3ncnc4ccc1c2c43. The van der Waals surface area contributed by atoms with Gasteiger partial charge in [0.25, 0.3) is 0 Å². The average molecular weight is 331 g/mol. The highest BCUT2D eigenvalue weighted by atomic mass is 15.2. The topological polar surface area (TPSA) is 45.2 Å². The van der Waals surface area contributed by atoms with Gasteiger partial charge in [-0.1, -0.05) is 0 Å². The van der Waals surface area contributed by atoms with Crippen molar-refractivity contribution in [1.29, 1.82) is 0 Å². The highest BCUT2D eigenvalue weighted by Gasteiger charge is 2.21. The summed E-state index contributed by atoms with van der Waals surface area (Å²) in [4.78, 5) is 18.6. The Morgan fingerprint density at radius 1 is 0.840 bits per heavy atom. The first kappa shape index (κ1) is 14.6. The summed E-state index contributed by atoms with van der Waals surface area (Å²) >= 11 is 0. The lowest BCUT2D eigenvalue weighted by Crippen LogP contribution is -2.30. The second kappa shape index (κ2) is 5.41. The maximum atomic E-state index is 5.09. The molecule has 0 bridgehead atoms. The molecule has 126 valence electrons. The van der Waals surface area contributed by atoms with Crippen LogP contribution >= 0.6 is 0 Å². The molecule has 4 aromatic rings. The zero-order chi connectivity index (χ0) is 17.0. The number of piperidine rings is 1. The van der Waals surface area contributed by atoms with E-state index in [0.29, 0.717) is 0 Å². The minimum atomic E-state index is 1.00. The highest BCUT2D eigenvalue weighted by molar-refractivity contribution is 6.25. The van der Waals surface area contributed by atoms with E-state index in [1.807, 2.05) is 0 Å². The van der Waals surface area contributed by atoms with Gasteiger partial charge in [-0.15, -0.1) is 0 Å². The van der Waals surface area contributed by atoms with Gasteiger partial charge >= 0.3 is 0 Å². The van der Waals surface area contributed by atoms with E-state index in [2.05, 4.69) is 58.1 Å². The normalized spacial score (nSPS) is 15.5. The van der Waals surface area contributed by atoms with E-state index in [0.717, 1.165) is 41.1 Å². The predicted molar refractivity (Wildman–Crippen MR) is 104 cm³/mol. The molecule has 0 N–H and O–H groups in total. The van der Waals surface area contributed by atoms with Crippen LogP contribution in [0.15, 0.2) is 30.6 Å². The Balaban J connectivity index is 1.93. The summed E-state index contributed by atoms with van der Waals surface area (Å²) < 4.78 is 0. The Kier molecular flexibility index (Phi) is 3.17. The number of benzene rings is 2. The fourth-order valence-electron chi connectivity index (χ4n) is 4.11. The number of hydrogen-bond donors (Lipinski definition) is 0. The van der Waals surface area contributed by atoms with Crippen molar-refractivity contribution < 1.29 is 0 Å². The van der Waals surface area contributed by atoms with Gasteiger partial charge in [0.15, 0.2) is 0 Å². The fourth-order valence-corrected chi connectivity index (χ4v) is 4.11. The quantitative estimate of drug-likeness (QED) is 0.522. The van der Waals surface area contributed by atoms with Gasteiger partial charge in [0.1, 0.15) is 18.0 Å². The van der Waals surface area contributed by atoms with Crippen LogP contribution in [-0.2, 0) is 0 Å². The molecule has 0 unspecified atom stereocenters. The van der Waals surface area contributed by atoms with Crippen molar-refractivity contribution in [2.75, 3.05) is 37.0 Å². The minimum Gasteiger partial charge on any atom is -0.362 e. The van der Waals surface area contributed by atoms with Crippen LogP contribution < -0.4 is 9.80 Å². The van der Waals surface area contributed by atoms with Gasteiger partial charge in [0, 0.05) is 48.7 Å². The van der Waals surface area contributed by atoms with Crippen LogP contribution in [-0.4, -0.2) is 42.1 Å². The van der Waals surface area contributed by atoms with Crippen molar-refractivity contribution in [2.24, 2.45) is 0 Å². The molecule has 0 atom stereocenters. The maximum Gasteiger partial charge on any atom is 0.138 e. The summed E-state index contributed by atoms with van der Waals surface area (Å²) in [5, 5.41) is 4.79. The van der Waals surface area contributed by atoms with Gasteiger partial charge in [-0.2, -0.15) is 0 Å². The average Bonchev–Trinajstić information content (AvgIpc) is 2.66. The summed E-state index contributed by atoms with van der Waals surface area (Å²) in [6.07, 6.45) is 5.45. The Hall–Kier alpha value is -2.69. The van der Waals surface area contributed by atoms with E-state index in [4.69, 9.17) is 4.98 Å². The first-order chi connectivity index (χ1) is 12.2. The van der Waals surface area contributed by atoms with E-state index < -0.39 is 0 Å². The maximum absolute atomic E-state index is 5.09. The zero-order valence-corrected chi connectivity index (χ0v) is 14.7. The van der Waals surface area contributed by atoms with E-state index in [-0.39, 0.29) is 0 Å². The fraction of sp³-hybridized carbons (Fsp3) is 0.350. The largest absolute Gasteiger partial charge is 0.362 e. The lowest BCUT2D eigenvalue weighted by molar-refractivity contribution is 0.575. The zero-order valence-electron chi connectivity index (χ0n) is 14.7. The monoisotopic (exact) mass is 331 g/mol. The Morgan fingerprint density at radius 3 is 2.20 bits per heavy atom. The summed E-state index contributed by atoms with van der Waals surface area (Å²) in [5.74, 6) is 2.13. The third-order valence-corrected chi connectivity index (χ3v) is 5.28. The van der Waals surface area contributed by atoms with Crippen molar-refractivity contribution in [2.45, 2.75) is 19.3 Å². The van der Waals surface area contributed by atoms with Crippen molar-refractivity contribution in [3.63, 3.8) is 0 Å². The molecule has 0 spiro atoms. The van der Waals surface area contributed by atoms with E-state index >= 15 is 0 Å². The molecular weight excluding hydrogens is 310 g/mol. The van der Waals surface area contributed by atoms with Crippen molar-refractivity contribution >= 4 is 44.2 Å². The van der Waals surface area contributed by atoms with Gasteiger partial charge in [0.05, 0.1) is 11.0 Å². The lowest BCUT2D eigenvalue weighted by atomic mass is 9.98. The van der Waals surface area contributed by atoms with Crippen LogP contribution in [0.1, 0.15) is 19.3 Å².